The van der Waals surface area contributed by atoms with Crippen molar-refractivity contribution in [1.29, 1.82) is 0 Å². The number of hydrogen-bond acceptors (Lipinski definition) is 3. The molecular formula is C21H22N2O3. The summed E-state index contributed by atoms with van der Waals surface area (Å²) in [5, 5.41) is 3.58. The van der Waals surface area contributed by atoms with Crippen LogP contribution in [0.3, 0.4) is 0 Å². The van der Waals surface area contributed by atoms with Gasteiger partial charge in [-0.15, -0.1) is 0 Å². The monoisotopic (exact) mass is 350 g/mol. The van der Waals surface area contributed by atoms with Crippen molar-refractivity contribution in [3.63, 3.8) is 0 Å². The molecule has 0 fully saturated rings. The predicted molar refractivity (Wildman–Crippen MR) is 103 cm³/mol. The fourth-order valence-electron chi connectivity index (χ4n) is 3.20. The van der Waals surface area contributed by atoms with Crippen LogP contribution >= 0.6 is 0 Å². The number of para-hydroxylation sites is 1. The molecule has 26 heavy (non-hydrogen) atoms. The van der Waals surface area contributed by atoms with Gasteiger partial charge in [0.2, 0.25) is 5.91 Å². The second-order valence-electron chi connectivity index (χ2n) is 6.37. The Balaban J connectivity index is 1.82. The minimum Gasteiger partial charge on any atom is -0.496 e. The minimum atomic E-state index is -0.125. The number of pyridine rings is 1. The van der Waals surface area contributed by atoms with E-state index in [2.05, 4.69) is 5.32 Å². The van der Waals surface area contributed by atoms with Gasteiger partial charge >= 0.3 is 0 Å². The predicted octanol–water partition coefficient (Wildman–Crippen LogP) is 2.94. The van der Waals surface area contributed by atoms with E-state index in [0.717, 1.165) is 28.0 Å². The molecule has 1 amide bonds. The molecule has 5 heteroatoms. The molecule has 134 valence electrons. The van der Waals surface area contributed by atoms with E-state index in [1.165, 1.54) is 6.07 Å². The molecule has 0 unspecified atom stereocenters. The summed E-state index contributed by atoms with van der Waals surface area (Å²) in [6.45, 7) is 4.44. The molecule has 0 aliphatic carbocycles. The molecule has 0 saturated carbocycles. The smallest absolute Gasteiger partial charge is 0.240 e. The zero-order valence-corrected chi connectivity index (χ0v) is 15.2. The molecule has 1 heterocycles. The molecule has 0 bridgehead atoms. The lowest BCUT2D eigenvalue weighted by Gasteiger charge is -2.14. The van der Waals surface area contributed by atoms with Gasteiger partial charge in [-0.2, -0.15) is 0 Å². The molecule has 1 N–H and O–H groups in total. The minimum absolute atomic E-state index is 0.0248. The third kappa shape index (κ3) is 3.61. The highest BCUT2D eigenvalue weighted by Gasteiger charge is 2.10. The molecule has 3 aromatic rings. The standard InChI is InChI=1S/C21H22N2O3/c1-14-10-15(2)21-17(11-14)23(9-8-18(21)24)13-20(25)22-12-16-6-4-5-7-19(16)26-3/h4-11H,12-13H2,1-3H3,(H,22,25). The molecule has 0 aliphatic rings. The van der Waals surface area contributed by atoms with Crippen LogP contribution in [0.2, 0.25) is 0 Å². The van der Waals surface area contributed by atoms with E-state index in [1.54, 1.807) is 13.3 Å². The summed E-state index contributed by atoms with van der Waals surface area (Å²) in [4.78, 5) is 24.6. The van der Waals surface area contributed by atoms with E-state index < -0.39 is 0 Å². The fourth-order valence-corrected chi connectivity index (χ4v) is 3.20. The van der Waals surface area contributed by atoms with Crippen LogP contribution in [0.4, 0.5) is 0 Å². The van der Waals surface area contributed by atoms with Crippen molar-refractivity contribution in [2.24, 2.45) is 0 Å². The highest BCUT2D eigenvalue weighted by Crippen LogP contribution is 2.18. The normalized spacial score (nSPS) is 10.7. The lowest BCUT2D eigenvalue weighted by Crippen LogP contribution is -2.28. The second kappa shape index (κ2) is 7.44. The van der Waals surface area contributed by atoms with Gasteiger partial charge < -0.3 is 14.6 Å². The van der Waals surface area contributed by atoms with E-state index >= 15 is 0 Å². The van der Waals surface area contributed by atoms with Gasteiger partial charge in [0.25, 0.3) is 0 Å². The number of aromatic nitrogens is 1. The van der Waals surface area contributed by atoms with Gasteiger partial charge in [-0.25, -0.2) is 0 Å². The summed E-state index contributed by atoms with van der Waals surface area (Å²) in [5.74, 6) is 0.618. The number of carbonyl (C=O) groups is 1. The molecule has 0 aliphatic heterocycles. The number of carbonyl (C=O) groups excluding carboxylic acids is 1. The van der Waals surface area contributed by atoms with Gasteiger partial charge in [-0.1, -0.05) is 24.3 Å². The Labute approximate surface area is 152 Å². The van der Waals surface area contributed by atoms with E-state index in [0.29, 0.717) is 11.9 Å². The topological polar surface area (TPSA) is 60.3 Å². The molecule has 3 rings (SSSR count). The van der Waals surface area contributed by atoms with Crippen LogP contribution in [0.1, 0.15) is 16.7 Å². The Morgan fingerprint density at radius 2 is 1.92 bits per heavy atom. The van der Waals surface area contributed by atoms with Crippen LogP contribution in [0.15, 0.2) is 53.5 Å². The van der Waals surface area contributed by atoms with Crippen LogP contribution < -0.4 is 15.5 Å². The number of fused-ring (bicyclic) bond motifs is 1. The van der Waals surface area contributed by atoms with Crippen molar-refractivity contribution >= 4 is 16.8 Å². The second-order valence-corrected chi connectivity index (χ2v) is 6.37. The molecule has 0 atom stereocenters. The molecule has 0 radical (unpaired) electrons. The van der Waals surface area contributed by atoms with Crippen LogP contribution in [0.25, 0.3) is 10.9 Å². The summed E-state index contributed by atoms with van der Waals surface area (Å²) in [6, 6.07) is 13.0. The molecule has 0 saturated heterocycles. The highest BCUT2D eigenvalue weighted by molar-refractivity contribution is 5.85. The lowest BCUT2D eigenvalue weighted by atomic mass is 10.1. The summed E-state index contributed by atoms with van der Waals surface area (Å²) in [7, 11) is 1.61. The van der Waals surface area contributed by atoms with Crippen molar-refractivity contribution in [3.8, 4) is 5.75 Å². The maximum atomic E-state index is 12.4. The first kappa shape index (κ1) is 17.7. The van der Waals surface area contributed by atoms with E-state index in [-0.39, 0.29) is 17.9 Å². The fraction of sp³-hybridized carbons (Fsp3) is 0.238. The Morgan fingerprint density at radius 1 is 1.15 bits per heavy atom. The van der Waals surface area contributed by atoms with Crippen LogP contribution in [-0.2, 0) is 17.9 Å². The van der Waals surface area contributed by atoms with Gasteiger partial charge in [-0.05, 0) is 37.1 Å². The first-order valence-electron chi connectivity index (χ1n) is 8.48. The largest absolute Gasteiger partial charge is 0.496 e. The Kier molecular flexibility index (Phi) is 5.07. The Bertz CT molecular complexity index is 1020. The number of benzene rings is 2. The SMILES string of the molecule is COc1ccccc1CNC(=O)Cn1ccc(=O)c2c(C)cc(C)cc21. The number of rotatable bonds is 5. The maximum Gasteiger partial charge on any atom is 0.240 e. The molecule has 5 nitrogen and oxygen atoms in total. The quantitative estimate of drug-likeness (QED) is 0.770. The Hall–Kier alpha value is -3.08. The van der Waals surface area contributed by atoms with Crippen molar-refractivity contribution in [1.82, 2.24) is 9.88 Å². The zero-order valence-electron chi connectivity index (χ0n) is 15.2. The molecule has 0 spiro atoms. The maximum absolute atomic E-state index is 12.4. The van der Waals surface area contributed by atoms with Crippen LogP contribution in [0, 0.1) is 13.8 Å². The zero-order chi connectivity index (χ0) is 18.7. The first-order valence-corrected chi connectivity index (χ1v) is 8.48. The van der Waals surface area contributed by atoms with Gasteiger partial charge in [-0.3, -0.25) is 9.59 Å². The van der Waals surface area contributed by atoms with Crippen molar-refractivity contribution in [3.05, 3.63) is 75.6 Å². The van der Waals surface area contributed by atoms with Crippen LogP contribution in [0.5, 0.6) is 5.75 Å². The van der Waals surface area contributed by atoms with E-state index in [1.807, 2.05) is 54.8 Å². The van der Waals surface area contributed by atoms with Crippen molar-refractivity contribution < 1.29 is 9.53 Å². The van der Waals surface area contributed by atoms with Crippen LogP contribution in [-0.4, -0.2) is 17.6 Å². The molecule has 1 aromatic heterocycles. The van der Waals surface area contributed by atoms with E-state index in [9.17, 15) is 9.59 Å². The lowest BCUT2D eigenvalue weighted by molar-refractivity contribution is -0.121. The Morgan fingerprint density at radius 3 is 2.69 bits per heavy atom. The van der Waals surface area contributed by atoms with E-state index in [4.69, 9.17) is 4.74 Å². The number of nitrogens with zero attached hydrogens (tertiary/aromatic N) is 1. The first-order chi connectivity index (χ1) is 12.5. The third-order valence-corrected chi connectivity index (χ3v) is 4.40. The van der Waals surface area contributed by atoms with Crippen molar-refractivity contribution in [2.45, 2.75) is 26.9 Å². The van der Waals surface area contributed by atoms with Gasteiger partial charge in [0.15, 0.2) is 5.43 Å². The third-order valence-electron chi connectivity index (χ3n) is 4.40. The number of ether oxygens (including phenoxy) is 1. The molecular weight excluding hydrogens is 328 g/mol. The summed E-state index contributed by atoms with van der Waals surface area (Å²) >= 11 is 0. The number of amides is 1. The average molecular weight is 350 g/mol. The molecule has 2 aromatic carbocycles. The van der Waals surface area contributed by atoms with Gasteiger partial charge in [0.1, 0.15) is 12.3 Å². The average Bonchev–Trinajstić information content (AvgIpc) is 2.62. The number of hydrogen-bond donors (Lipinski definition) is 1. The highest BCUT2D eigenvalue weighted by atomic mass is 16.5. The summed E-state index contributed by atoms with van der Waals surface area (Å²) in [6.07, 6.45) is 1.67. The van der Waals surface area contributed by atoms with Crippen molar-refractivity contribution in [2.75, 3.05) is 7.11 Å². The van der Waals surface area contributed by atoms with Gasteiger partial charge in [0, 0.05) is 29.8 Å². The number of aryl methyl sites for hydroxylation is 2. The summed E-state index contributed by atoms with van der Waals surface area (Å²) < 4.78 is 7.12. The van der Waals surface area contributed by atoms with Gasteiger partial charge in [0.05, 0.1) is 12.6 Å². The number of nitrogens with one attached hydrogen (secondary N) is 1. The summed E-state index contributed by atoms with van der Waals surface area (Å²) in [5.41, 5.74) is 3.66. The number of methoxy groups -OCH3 is 1.